The highest BCUT2D eigenvalue weighted by molar-refractivity contribution is 5.91. The molecule has 1 rings (SSSR count). The second-order valence-electron chi connectivity index (χ2n) is 6.70. The van der Waals surface area contributed by atoms with Gasteiger partial charge in [-0.05, 0) is 19.3 Å². The normalized spacial score (nSPS) is 10.8. The quantitative estimate of drug-likeness (QED) is 0.431. The highest BCUT2D eigenvalue weighted by Gasteiger charge is 2.18. The molecule has 0 spiro atoms. The van der Waals surface area contributed by atoms with Crippen LogP contribution >= 0.6 is 0 Å². The molecule has 28 heavy (non-hydrogen) atoms. The molecule has 8 heteroatoms. The van der Waals surface area contributed by atoms with Crippen molar-refractivity contribution in [3.63, 3.8) is 0 Å². The molecule has 0 saturated carbocycles. The molecule has 0 aliphatic heterocycles. The predicted octanol–water partition coefficient (Wildman–Crippen LogP) is 2.78. The van der Waals surface area contributed by atoms with E-state index in [1.54, 1.807) is 19.1 Å². The maximum absolute atomic E-state index is 12.6. The molecule has 0 aromatic carbocycles. The molecule has 0 saturated heterocycles. The van der Waals surface area contributed by atoms with Gasteiger partial charge in [0.2, 0.25) is 11.8 Å². The first-order valence-corrected chi connectivity index (χ1v) is 10.1. The summed E-state index contributed by atoms with van der Waals surface area (Å²) < 4.78 is 15.5. The van der Waals surface area contributed by atoms with Crippen LogP contribution in [0.5, 0.6) is 0 Å². The molecule has 0 aliphatic carbocycles. The van der Waals surface area contributed by atoms with Gasteiger partial charge >= 0.3 is 0 Å². The summed E-state index contributed by atoms with van der Waals surface area (Å²) in [6.07, 6.45) is 7.53. The average Bonchev–Trinajstić information content (AvgIpc) is 3.16. The van der Waals surface area contributed by atoms with Crippen LogP contribution in [0.3, 0.4) is 0 Å². The number of methoxy groups -OCH3 is 2. The number of nitrogens with one attached hydrogen (secondary N) is 1. The van der Waals surface area contributed by atoms with Crippen molar-refractivity contribution < 1.29 is 23.5 Å². The fraction of sp³-hybridized carbons (Fsp3) is 0.750. The standard InChI is InChI=1S/C20H35N3O5/c1-4-5-6-7-10-19(24)23(12-9-14-27-3)15-18-22-17(16-28-18)20(25)21-11-8-13-26-2/h16H,4-15H2,1-3H3,(H,21,25). The lowest BCUT2D eigenvalue weighted by atomic mass is 10.1. The minimum atomic E-state index is -0.289. The molecule has 160 valence electrons. The third kappa shape index (κ3) is 9.85. The zero-order valence-electron chi connectivity index (χ0n) is 17.5. The Bertz CT molecular complexity index is 562. The molecule has 1 aromatic heterocycles. The number of carbonyl (C=O) groups excluding carboxylic acids is 2. The Balaban J connectivity index is 2.57. The van der Waals surface area contributed by atoms with Gasteiger partial charge in [0.1, 0.15) is 6.26 Å². The van der Waals surface area contributed by atoms with E-state index in [4.69, 9.17) is 13.9 Å². The number of unbranched alkanes of at least 4 members (excludes halogenated alkanes) is 3. The van der Waals surface area contributed by atoms with Crippen molar-refractivity contribution in [1.82, 2.24) is 15.2 Å². The monoisotopic (exact) mass is 397 g/mol. The first-order valence-electron chi connectivity index (χ1n) is 10.1. The number of hydrogen-bond acceptors (Lipinski definition) is 6. The Labute approximate surface area is 168 Å². The number of carbonyl (C=O) groups is 2. The van der Waals surface area contributed by atoms with Crippen molar-refractivity contribution in [1.29, 1.82) is 0 Å². The molecular weight excluding hydrogens is 362 g/mol. The van der Waals surface area contributed by atoms with Gasteiger partial charge in [0.05, 0.1) is 6.54 Å². The summed E-state index contributed by atoms with van der Waals surface area (Å²) in [5.41, 5.74) is 0.222. The van der Waals surface area contributed by atoms with Gasteiger partial charge < -0.3 is 24.1 Å². The van der Waals surface area contributed by atoms with Crippen LogP contribution < -0.4 is 5.32 Å². The van der Waals surface area contributed by atoms with Crippen molar-refractivity contribution in [2.45, 2.75) is 58.4 Å². The lowest BCUT2D eigenvalue weighted by Crippen LogP contribution is -2.32. The Morgan fingerprint density at radius 1 is 1.11 bits per heavy atom. The lowest BCUT2D eigenvalue weighted by molar-refractivity contribution is -0.132. The first-order chi connectivity index (χ1) is 13.6. The van der Waals surface area contributed by atoms with Gasteiger partial charge in [-0.25, -0.2) is 4.98 Å². The maximum Gasteiger partial charge on any atom is 0.273 e. The number of rotatable bonds is 16. The Hall–Kier alpha value is -1.93. The highest BCUT2D eigenvalue weighted by atomic mass is 16.5. The van der Waals surface area contributed by atoms with Gasteiger partial charge in [-0.1, -0.05) is 26.2 Å². The lowest BCUT2D eigenvalue weighted by Gasteiger charge is -2.21. The van der Waals surface area contributed by atoms with Crippen LogP contribution in [0, 0.1) is 0 Å². The van der Waals surface area contributed by atoms with Crippen LogP contribution in [0.2, 0.25) is 0 Å². The highest BCUT2D eigenvalue weighted by Crippen LogP contribution is 2.11. The van der Waals surface area contributed by atoms with E-state index in [0.29, 0.717) is 38.6 Å². The largest absolute Gasteiger partial charge is 0.446 e. The van der Waals surface area contributed by atoms with E-state index in [0.717, 1.165) is 38.5 Å². The van der Waals surface area contributed by atoms with E-state index in [9.17, 15) is 9.59 Å². The average molecular weight is 398 g/mol. The van der Waals surface area contributed by atoms with Crippen LogP contribution in [0.4, 0.5) is 0 Å². The SMILES string of the molecule is CCCCCCC(=O)N(CCCOC)Cc1nc(C(=O)NCCCOC)co1. The van der Waals surface area contributed by atoms with Crippen molar-refractivity contribution in [3.8, 4) is 0 Å². The van der Waals surface area contributed by atoms with Gasteiger partial charge in [-0.3, -0.25) is 9.59 Å². The molecule has 0 aliphatic rings. The maximum atomic E-state index is 12.6. The molecule has 0 radical (unpaired) electrons. The molecular formula is C20H35N3O5. The minimum absolute atomic E-state index is 0.0796. The molecule has 0 atom stereocenters. The zero-order chi connectivity index (χ0) is 20.6. The van der Waals surface area contributed by atoms with E-state index in [1.165, 1.54) is 6.26 Å². The van der Waals surface area contributed by atoms with Crippen LogP contribution in [0.1, 0.15) is 68.2 Å². The van der Waals surface area contributed by atoms with Crippen LogP contribution in [0.25, 0.3) is 0 Å². The van der Waals surface area contributed by atoms with Crippen molar-refractivity contribution in [2.24, 2.45) is 0 Å². The fourth-order valence-electron chi connectivity index (χ4n) is 2.71. The Morgan fingerprint density at radius 3 is 2.57 bits per heavy atom. The summed E-state index contributed by atoms with van der Waals surface area (Å²) in [5, 5.41) is 2.77. The molecule has 0 fully saturated rings. The number of nitrogens with zero attached hydrogens (tertiary/aromatic N) is 2. The van der Waals surface area contributed by atoms with E-state index in [1.807, 2.05) is 0 Å². The molecule has 1 N–H and O–H groups in total. The van der Waals surface area contributed by atoms with Crippen molar-refractivity contribution in [2.75, 3.05) is 40.5 Å². The van der Waals surface area contributed by atoms with E-state index < -0.39 is 0 Å². The summed E-state index contributed by atoms with van der Waals surface area (Å²) in [4.78, 5) is 30.6. The zero-order valence-corrected chi connectivity index (χ0v) is 17.5. The second kappa shape index (κ2) is 15.0. The number of hydrogen-bond donors (Lipinski definition) is 1. The van der Waals surface area contributed by atoms with Gasteiger partial charge in [0.25, 0.3) is 5.91 Å². The fourth-order valence-corrected chi connectivity index (χ4v) is 2.71. The van der Waals surface area contributed by atoms with Crippen molar-refractivity contribution >= 4 is 11.8 Å². The van der Waals surface area contributed by atoms with Crippen LogP contribution in [-0.2, 0) is 20.8 Å². The van der Waals surface area contributed by atoms with Gasteiger partial charge in [0.15, 0.2) is 5.69 Å². The molecule has 1 heterocycles. The third-order valence-corrected chi connectivity index (χ3v) is 4.29. The summed E-state index contributed by atoms with van der Waals surface area (Å²) in [6, 6.07) is 0. The van der Waals surface area contributed by atoms with E-state index in [2.05, 4.69) is 17.2 Å². The third-order valence-electron chi connectivity index (χ3n) is 4.29. The molecule has 0 unspecified atom stereocenters. The molecule has 2 amide bonds. The first kappa shape index (κ1) is 24.1. The minimum Gasteiger partial charge on any atom is -0.446 e. The number of oxazole rings is 1. The molecule has 8 nitrogen and oxygen atoms in total. The van der Waals surface area contributed by atoms with Gasteiger partial charge in [-0.2, -0.15) is 0 Å². The Kier molecular flexibility index (Phi) is 13.0. The number of ether oxygens (including phenoxy) is 2. The molecule has 0 bridgehead atoms. The summed E-state index contributed by atoms with van der Waals surface area (Å²) in [7, 11) is 3.26. The van der Waals surface area contributed by atoms with Crippen LogP contribution in [-0.4, -0.2) is 62.2 Å². The van der Waals surface area contributed by atoms with Crippen LogP contribution in [0.15, 0.2) is 10.7 Å². The van der Waals surface area contributed by atoms with Gasteiger partial charge in [0, 0.05) is 46.9 Å². The number of amides is 2. The smallest absolute Gasteiger partial charge is 0.273 e. The number of aromatic nitrogens is 1. The summed E-state index contributed by atoms with van der Waals surface area (Å²) in [6.45, 7) is 4.65. The van der Waals surface area contributed by atoms with E-state index >= 15 is 0 Å². The van der Waals surface area contributed by atoms with Crippen molar-refractivity contribution in [3.05, 3.63) is 17.8 Å². The molecule has 1 aromatic rings. The summed E-state index contributed by atoms with van der Waals surface area (Å²) >= 11 is 0. The predicted molar refractivity (Wildman–Crippen MR) is 106 cm³/mol. The van der Waals surface area contributed by atoms with Gasteiger partial charge in [-0.15, -0.1) is 0 Å². The second-order valence-corrected chi connectivity index (χ2v) is 6.70. The topological polar surface area (TPSA) is 93.9 Å². The Morgan fingerprint density at radius 2 is 1.86 bits per heavy atom. The van der Waals surface area contributed by atoms with E-state index in [-0.39, 0.29) is 24.1 Å². The summed E-state index contributed by atoms with van der Waals surface area (Å²) in [5.74, 6) is 0.153.